The van der Waals surface area contributed by atoms with Crippen LogP contribution in [0.2, 0.25) is 0 Å². The molecule has 0 saturated heterocycles. The maximum atomic E-state index is 13.3. The average molecular weight is 533 g/mol. The van der Waals surface area contributed by atoms with E-state index in [1.807, 2.05) is 20.0 Å². The average Bonchev–Trinajstić information content (AvgIpc) is 2.89. The van der Waals surface area contributed by atoms with Gasteiger partial charge in [0.1, 0.15) is 0 Å². The SMILES string of the molecule is CCC(CCCNC)NS(=O)(=O)c1cccc2c(C(=O)NC3CCCCC3C)cccc12.CN(C)C=O. The lowest BCUT2D eigenvalue weighted by Gasteiger charge is -2.29. The molecule has 1 fully saturated rings. The number of amides is 2. The van der Waals surface area contributed by atoms with Crippen LogP contribution in [0, 0.1) is 5.92 Å². The molecule has 2 aromatic carbocycles. The molecule has 0 spiro atoms. The minimum absolute atomic E-state index is 0.122. The molecular formula is C28H44N4O4S. The van der Waals surface area contributed by atoms with Crippen molar-refractivity contribution in [3.05, 3.63) is 42.0 Å². The van der Waals surface area contributed by atoms with Crippen LogP contribution in [0.4, 0.5) is 0 Å². The van der Waals surface area contributed by atoms with Crippen LogP contribution in [0.15, 0.2) is 41.3 Å². The number of carbonyl (C=O) groups is 2. The molecule has 3 atom stereocenters. The predicted molar refractivity (Wildman–Crippen MR) is 150 cm³/mol. The summed E-state index contributed by atoms with van der Waals surface area (Å²) in [7, 11) is 1.55. The van der Waals surface area contributed by atoms with E-state index < -0.39 is 10.0 Å². The Morgan fingerprint density at radius 1 is 1.11 bits per heavy atom. The highest BCUT2D eigenvalue weighted by atomic mass is 32.2. The summed E-state index contributed by atoms with van der Waals surface area (Å²) in [5, 5.41) is 7.54. The van der Waals surface area contributed by atoms with Crippen molar-refractivity contribution in [3.63, 3.8) is 0 Å². The van der Waals surface area contributed by atoms with Gasteiger partial charge in [0.2, 0.25) is 16.4 Å². The van der Waals surface area contributed by atoms with Crippen LogP contribution >= 0.6 is 0 Å². The Bertz CT molecular complexity index is 1120. The standard InChI is InChI=1S/C25H37N3O3S.C3H7NO/c1-4-19(11-9-17-26-3)28-32(30,31)24-16-8-12-20-21(24)13-7-14-22(20)25(29)27-23-15-6-5-10-18(23)2;1-4(2)3-5/h7-8,12-14,16,18-19,23,26,28H,4-6,9-11,15,17H2,1-3H3,(H,27,29);3H,1-2H3. The van der Waals surface area contributed by atoms with Gasteiger partial charge in [0, 0.05) is 37.1 Å². The molecule has 0 heterocycles. The van der Waals surface area contributed by atoms with E-state index in [9.17, 15) is 18.0 Å². The quantitative estimate of drug-likeness (QED) is 0.300. The molecule has 9 heteroatoms. The number of hydrogen-bond acceptors (Lipinski definition) is 5. The van der Waals surface area contributed by atoms with Gasteiger partial charge in [0.25, 0.3) is 5.91 Å². The van der Waals surface area contributed by atoms with Crippen LogP contribution in [0.25, 0.3) is 10.8 Å². The van der Waals surface area contributed by atoms with E-state index in [1.165, 1.54) is 11.3 Å². The summed E-state index contributed by atoms with van der Waals surface area (Å²) in [6.45, 7) is 5.03. The molecule has 3 N–H and O–H groups in total. The summed E-state index contributed by atoms with van der Waals surface area (Å²) < 4.78 is 29.4. The Morgan fingerprint density at radius 3 is 2.38 bits per heavy atom. The number of nitrogens with one attached hydrogen (secondary N) is 3. The van der Waals surface area contributed by atoms with Gasteiger partial charge in [-0.3, -0.25) is 9.59 Å². The molecule has 3 rings (SSSR count). The van der Waals surface area contributed by atoms with Gasteiger partial charge in [-0.1, -0.05) is 51.0 Å². The van der Waals surface area contributed by atoms with Crippen molar-refractivity contribution in [1.29, 1.82) is 0 Å². The number of sulfonamides is 1. The number of carbonyl (C=O) groups excluding carboxylic acids is 2. The highest BCUT2D eigenvalue weighted by Crippen LogP contribution is 2.28. The van der Waals surface area contributed by atoms with E-state index in [0.29, 0.717) is 22.3 Å². The summed E-state index contributed by atoms with van der Waals surface area (Å²) in [5.41, 5.74) is 0.526. The molecule has 3 unspecified atom stereocenters. The zero-order chi connectivity index (χ0) is 27.4. The lowest BCUT2D eigenvalue weighted by atomic mass is 9.85. The maximum absolute atomic E-state index is 13.3. The van der Waals surface area contributed by atoms with E-state index in [0.717, 1.165) is 51.5 Å². The van der Waals surface area contributed by atoms with E-state index in [-0.39, 0.29) is 22.9 Å². The summed E-state index contributed by atoms with van der Waals surface area (Å²) in [5.74, 6) is 0.326. The Balaban J connectivity index is 0.000000877. The molecule has 1 aliphatic carbocycles. The monoisotopic (exact) mass is 532 g/mol. The Hall–Kier alpha value is -2.49. The van der Waals surface area contributed by atoms with E-state index in [2.05, 4.69) is 22.3 Å². The van der Waals surface area contributed by atoms with Crippen molar-refractivity contribution in [1.82, 2.24) is 20.3 Å². The third-order valence-corrected chi connectivity index (χ3v) is 8.43. The van der Waals surface area contributed by atoms with Gasteiger partial charge >= 0.3 is 0 Å². The number of fused-ring (bicyclic) bond motifs is 1. The topological polar surface area (TPSA) is 108 Å². The van der Waals surface area contributed by atoms with Crippen molar-refractivity contribution in [2.24, 2.45) is 5.92 Å². The van der Waals surface area contributed by atoms with Crippen molar-refractivity contribution in [3.8, 4) is 0 Å². The van der Waals surface area contributed by atoms with Gasteiger partial charge in [-0.05, 0) is 69.1 Å². The number of nitrogens with zero attached hydrogens (tertiary/aromatic N) is 1. The van der Waals surface area contributed by atoms with Crippen molar-refractivity contribution < 1.29 is 18.0 Å². The highest BCUT2D eigenvalue weighted by molar-refractivity contribution is 7.89. The van der Waals surface area contributed by atoms with Crippen molar-refractivity contribution in [2.45, 2.75) is 75.8 Å². The molecule has 0 aliphatic heterocycles. The zero-order valence-corrected chi connectivity index (χ0v) is 23.7. The second kappa shape index (κ2) is 15.1. The third kappa shape index (κ3) is 9.09. The number of hydrogen-bond donors (Lipinski definition) is 3. The van der Waals surface area contributed by atoms with Crippen LogP contribution in [-0.4, -0.2) is 65.4 Å². The van der Waals surface area contributed by atoms with Crippen LogP contribution in [0.3, 0.4) is 0 Å². The van der Waals surface area contributed by atoms with Gasteiger partial charge in [0.15, 0.2) is 0 Å². The Kier molecular flexibility index (Phi) is 12.5. The fourth-order valence-electron chi connectivity index (χ4n) is 4.64. The normalized spacial score (nSPS) is 18.4. The first kappa shape index (κ1) is 30.7. The molecule has 1 saturated carbocycles. The first-order valence-corrected chi connectivity index (χ1v) is 14.7. The summed E-state index contributed by atoms with van der Waals surface area (Å²) >= 11 is 0. The highest BCUT2D eigenvalue weighted by Gasteiger charge is 2.25. The lowest BCUT2D eigenvalue weighted by molar-refractivity contribution is -0.115. The fraction of sp³-hybridized carbons (Fsp3) is 0.571. The molecule has 1 aliphatic rings. The molecule has 0 radical (unpaired) electrons. The summed E-state index contributed by atoms with van der Waals surface area (Å²) in [6, 6.07) is 10.6. The zero-order valence-electron chi connectivity index (χ0n) is 22.9. The lowest BCUT2D eigenvalue weighted by Crippen LogP contribution is -2.41. The molecule has 2 aromatic rings. The van der Waals surface area contributed by atoms with Crippen LogP contribution in [-0.2, 0) is 14.8 Å². The van der Waals surface area contributed by atoms with E-state index in [1.54, 1.807) is 44.4 Å². The first-order valence-electron chi connectivity index (χ1n) is 13.3. The number of benzene rings is 2. The second-order valence-electron chi connectivity index (χ2n) is 10.0. The molecular weight excluding hydrogens is 488 g/mol. The van der Waals surface area contributed by atoms with Crippen LogP contribution in [0.1, 0.15) is 69.2 Å². The van der Waals surface area contributed by atoms with Crippen molar-refractivity contribution >= 4 is 33.1 Å². The Labute approximate surface area is 222 Å². The molecule has 0 aromatic heterocycles. The molecule has 8 nitrogen and oxygen atoms in total. The second-order valence-corrected chi connectivity index (χ2v) is 11.7. The maximum Gasteiger partial charge on any atom is 0.252 e. The van der Waals surface area contributed by atoms with Gasteiger partial charge in [0.05, 0.1) is 4.90 Å². The first-order chi connectivity index (χ1) is 17.6. The minimum atomic E-state index is -3.72. The van der Waals surface area contributed by atoms with Crippen LogP contribution < -0.4 is 15.4 Å². The third-order valence-electron chi connectivity index (χ3n) is 6.85. The largest absolute Gasteiger partial charge is 0.351 e. The fourth-order valence-corrected chi connectivity index (χ4v) is 6.22. The summed E-state index contributed by atoms with van der Waals surface area (Å²) in [6.07, 6.45) is 7.61. The smallest absolute Gasteiger partial charge is 0.252 e. The van der Waals surface area contributed by atoms with E-state index in [4.69, 9.17) is 0 Å². The van der Waals surface area contributed by atoms with Gasteiger partial charge in [-0.25, -0.2) is 13.1 Å². The van der Waals surface area contributed by atoms with Crippen LogP contribution in [0.5, 0.6) is 0 Å². The molecule has 37 heavy (non-hydrogen) atoms. The molecule has 2 amide bonds. The predicted octanol–water partition coefficient (Wildman–Crippen LogP) is 3.91. The number of rotatable bonds is 11. The van der Waals surface area contributed by atoms with Gasteiger partial charge in [-0.15, -0.1) is 0 Å². The van der Waals surface area contributed by atoms with Gasteiger partial charge < -0.3 is 15.5 Å². The minimum Gasteiger partial charge on any atom is -0.351 e. The molecule has 206 valence electrons. The Morgan fingerprint density at radius 2 is 1.76 bits per heavy atom. The van der Waals surface area contributed by atoms with Crippen molar-refractivity contribution in [2.75, 3.05) is 27.7 Å². The summed E-state index contributed by atoms with van der Waals surface area (Å²) in [4.78, 5) is 24.2. The van der Waals surface area contributed by atoms with E-state index >= 15 is 0 Å². The van der Waals surface area contributed by atoms with Gasteiger partial charge in [-0.2, -0.15) is 0 Å². The molecule has 0 bridgehead atoms.